The number of carbonyl (C=O) groups is 2. The molecule has 33 heavy (non-hydrogen) atoms. The third kappa shape index (κ3) is 5.80. The zero-order valence-electron chi connectivity index (χ0n) is 18.9. The van der Waals surface area contributed by atoms with E-state index in [0.717, 1.165) is 28.5 Å². The lowest BCUT2D eigenvalue weighted by Crippen LogP contribution is -2.24. The molecule has 172 valence electrons. The summed E-state index contributed by atoms with van der Waals surface area (Å²) in [5.41, 5.74) is 3.72. The molecule has 2 aromatic carbocycles. The van der Waals surface area contributed by atoms with Crippen LogP contribution in [0.25, 0.3) is 11.3 Å². The monoisotopic (exact) mass is 485 g/mol. The van der Waals surface area contributed by atoms with Gasteiger partial charge in [-0.25, -0.2) is 0 Å². The van der Waals surface area contributed by atoms with Crippen molar-refractivity contribution in [3.8, 4) is 11.3 Å². The van der Waals surface area contributed by atoms with E-state index in [2.05, 4.69) is 25.8 Å². The summed E-state index contributed by atoms with van der Waals surface area (Å²) in [5, 5.41) is 14.0. The van der Waals surface area contributed by atoms with Gasteiger partial charge in [-0.05, 0) is 57.0 Å². The van der Waals surface area contributed by atoms with Gasteiger partial charge in [-0.3, -0.25) is 19.4 Å². The fourth-order valence-electron chi connectivity index (χ4n) is 3.25. The third-order valence-corrected chi connectivity index (χ3v) is 6.28. The Morgan fingerprint density at radius 2 is 1.85 bits per heavy atom. The van der Waals surface area contributed by atoms with Gasteiger partial charge in [0.15, 0.2) is 10.9 Å². The molecule has 10 heteroatoms. The number of hydrogen-bond acceptors (Lipinski definition) is 6. The molecule has 1 heterocycles. The number of aromatic nitrogens is 3. The Kier molecular flexibility index (Phi) is 7.55. The van der Waals surface area contributed by atoms with Crippen LogP contribution in [0.3, 0.4) is 0 Å². The number of hydrogen-bond donors (Lipinski definition) is 3. The van der Waals surface area contributed by atoms with Crippen molar-refractivity contribution in [1.29, 1.82) is 0 Å². The van der Waals surface area contributed by atoms with Gasteiger partial charge >= 0.3 is 0 Å². The van der Waals surface area contributed by atoms with Crippen LogP contribution < -0.4 is 16.2 Å². The van der Waals surface area contributed by atoms with Gasteiger partial charge in [0.05, 0.1) is 10.9 Å². The number of anilines is 2. The molecule has 0 saturated carbocycles. The normalized spacial score (nSPS) is 11.7. The Hall–Kier alpha value is -3.17. The first-order chi connectivity index (χ1) is 15.6. The highest BCUT2D eigenvalue weighted by atomic mass is 35.5. The maximum absolute atomic E-state index is 12.8. The number of rotatable bonds is 6. The smallest absolute Gasteiger partial charge is 0.278 e. The number of amides is 2. The Labute approximate surface area is 200 Å². The molecule has 1 aromatic heterocycles. The lowest BCUT2D eigenvalue weighted by Gasteiger charge is -2.14. The van der Waals surface area contributed by atoms with Crippen LogP contribution in [-0.2, 0) is 9.59 Å². The largest absolute Gasteiger partial charge is 0.325 e. The minimum Gasteiger partial charge on any atom is -0.325 e. The Bertz CT molecular complexity index is 1290. The summed E-state index contributed by atoms with van der Waals surface area (Å²) in [5.74, 6) is -0.520. The number of carbonyl (C=O) groups excluding carboxylic acids is 2. The van der Waals surface area contributed by atoms with Gasteiger partial charge in [0.1, 0.15) is 0 Å². The standard InChI is InChI=1S/C23H24ClN5O3S/c1-11-9-12(2)19(25-15(5)30)16(10-11)20-22(32)27-23(29-28-20)33-14(4)21(31)26-18-8-6-7-17(24)13(18)3/h6-10,14H,1-5H3,(H,25,30)(H,26,31)(H,27,29,32). The van der Waals surface area contributed by atoms with E-state index in [1.165, 1.54) is 6.92 Å². The number of nitrogens with one attached hydrogen (secondary N) is 3. The molecule has 0 spiro atoms. The molecule has 3 aromatic rings. The Balaban J connectivity index is 1.83. The number of thioether (sulfide) groups is 1. The minimum atomic E-state index is -0.560. The number of H-pyrrole nitrogens is 1. The van der Waals surface area contributed by atoms with Crippen molar-refractivity contribution in [2.75, 3.05) is 10.6 Å². The van der Waals surface area contributed by atoms with Crippen molar-refractivity contribution < 1.29 is 9.59 Å². The van der Waals surface area contributed by atoms with Crippen molar-refractivity contribution >= 4 is 46.6 Å². The van der Waals surface area contributed by atoms with E-state index in [-0.39, 0.29) is 22.7 Å². The second-order valence-electron chi connectivity index (χ2n) is 7.66. The summed E-state index contributed by atoms with van der Waals surface area (Å²) < 4.78 is 0. The van der Waals surface area contributed by atoms with Crippen LogP contribution in [0.5, 0.6) is 0 Å². The third-order valence-electron chi connectivity index (χ3n) is 4.90. The van der Waals surface area contributed by atoms with Gasteiger partial charge < -0.3 is 10.6 Å². The summed E-state index contributed by atoms with van der Waals surface area (Å²) in [6.45, 7) is 8.65. The highest BCUT2D eigenvalue weighted by molar-refractivity contribution is 8.00. The first-order valence-electron chi connectivity index (χ1n) is 10.2. The average molecular weight is 486 g/mol. The molecule has 1 unspecified atom stereocenters. The van der Waals surface area contributed by atoms with Crippen molar-refractivity contribution in [2.24, 2.45) is 0 Å². The van der Waals surface area contributed by atoms with E-state index < -0.39 is 10.8 Å². The van der Waals surface area contributed by atoms with E-state index >= 15 is 0 Å². The van der Waals surface area contributed by atoms with Crippen molar-refractivity contribution in [1.82, 2.24) is 15.2 Å². The van der Waals surface area contributed by atoms with Gasteiger partial charge in [-0.15, -0.1) is 10.2 Å². The summed E-state index contributed by atoms with van der Waals surface area (Å²) >= 11 is 7.19. The predicted octanol–water partition coefficient (Wildman–Crippen LogP) is 4.49. The molecule has 0 saturated heterocycles. The molecule has 0 radical (unpaired) electrons. The van der Waals surface area contributed by atoms with Crippen molar-refractivity contribution in [3.05, 3.63) is 62.4 Å². The molecule has 3 N–H and O–H groups in total. The highest BCUT2D eigenvalue weighted by Gasteiger charge is 2.20. The molecule has 0 aliphatic heterocycles. The molecule has 0 fully saturated rings. The van der Waals surface area contributed by atoms with Gasteiger partial charge in [0, 0.05) is 23.2 Å². The zero-order chi connectivity index (χ0) is 24.3. The van der Waals surface area contributed by atoms with Crippen LogP contribution >= 0.6 is 23.4 Å². The maximum atomic E-state index is 12.8. The van der Waals surface area contributed by atoms with E-state index in [1.54, 1.807) is 31.2 Å². The van der Waals surface area contributed by atoms with E-state index in [9.17, 15) is 14.4 Å². The number of halogens is 1. The fourth-order valence-corrected chi connectivity index (χ4v) is 4.16. The van der Waals surface area contributed by atoms with E-state index in [1.807, 2.05) is 26.8 Å². The number of nitrogens with zero attached hydrogens (tertiary/aromatic N) is 2. The first kappa shape index (κ1) is 24.5. The van der Waals surface area contributed by atoms with Gasteiger partial charge in [-0.1, -0.05) is 41.1 Å². The number of aromatic amines is 1. The molecule has 0 aliphatic carbocycles. The van der Waals surface area contributed by atoms with Crippen molar-refractivity contribution in [3.63, 3.8) is 0 Å². The Morgan fingerprint density at radius 1 is 1.12 bits per heavy atom. The van der Waals surface area contributed by atoms with Crippen LogP contribution in [0.2, 0.25) is 5.02 Å². The topological polar surface area (TPSA) is 117 Å². The first-order valence-corrected chi connectivity index (χ1v) is 11.4. The molecular formula is C23H24ClN5O3S. The van der Waals surface area contributed by atoms with Gasteiger partial charge in [-0.2, -0.15) is 0 Å². The summed E-state index contributed by atoms with van der Waals surface area (Å²) in [6.07, 6.45) is 0. The Morgan fingerprint density at radius 3 is 2.52 bits per heavy atom. The number of benzene rings is 2. The molecular weight excluding hydrogens is 462 g/mol. The van der Waals surface area contributed by atoms with Gasteiger partial charge in [0.25, 0.3) is 5.56 Å². The SMILES string of the molecule is CC(=O)Nc1c(C)cc(C)cc1-c1nnc(SC(C)C(=O)Nc2cccc(Cl)c2C)[nH]c1=O. The van der Waals surface area contributed by atoms with Crippen molar-refractivity contribution in [2.45, 2.75) is 45.0 Å². The zero-order valence-corrected chi connectivity index (χ0v) is 20.4. The average Bonchev–Trinajstić information content (AvgIpc) is 2.73. The van der Waals surface area contributed by atoms with Crippen LogP contribution in [0.4, 0.5) is 11.4 Å². The molecule has 0 aliphatic rings. The second-order valence-corrected chi connectivity index (χ2v) is 9.39. The predicted molar refractivity (Wildman–Crippen MR) is 132 cm³/mol. The number of aryl methyl sites for hydroxylation is 2. The van der Waals surface area contributed by atoms with Gasteiger partial charge in [0.2, 0.25) is 11.8 Å². The maximum Gasteiger partial charge on any atom is 0.278 e. The minimum absolute atomic E-state index is 0.0848. The molecule has 8 nitrogen and oxygen atoms in total. The van der Waals surface area contributed by atoms with Crippen LogP contribution in [0.1, 0.15) is 30.5 Å². The van der Waals surface area contributed by atoms with Crippen LogP contribution in [0.15, 0.2) is 40.3 Å². The van der Waals surface area contributed by atoms with Crippen LogP contribution in [-0.4, -0.2) is 32.2 Å². The summed E-state index contributed by atoms with van der Waals surface area (Å²) in [4.78, 5) is 39.8. The lowest BCUT2D eigenvalue weighted by atomic mass is 10.0. The summed E-state index contributed by atoms with van der Waals surface area (Å²) in [6, 6.07) is 8.95. The van der Waals surface area contributed by atoms with E-state index in [4.69, 9.17) is 11.6 Å². The molecule has 3 rings (SSSR count). The lowest BCUT2D eigenvalue weighted by molar-refractivity contribution is -0.115. The molecule has 1 atom stereocenters. The van der Waals surface area contributed by atoms with Crippen LogP contribution in [0, 0.1) is 20.8 Å². The highest BCUT2D eigenvalue weighted by Crippen LogP contribution is 2.30. The fraction of sp³-hybridized carbons (Fsp3) is 0.261. The quantitative estimate of drug-likeness (QED) is 0.443. The van der Waals surface area contributed by atoms with E-state index in [0.29, 0.717) is 22.0 Å². The molecule has 0 bridgehead atoms. The molecule has 2 amide bonds. The summed E-state index contributed by atoms with van der Waals surface area (Å²) in [7, 11) is 0. The second kappa shape index (κ2) is 10.2.